The molecule has 3 nitrogen and oxygen atoms in total. The summed E-state index contributed by atoms with van der Waals surface area (Å²) in [6, 6.07) is 7.19. The summed E-state index contributed by atoms with van der Waals surface area (Å²) in [6.07, 6.45) is -0.303. The minimum atomic E-state index is -0.722. The average Bonchev–Trinajstić information content (AvgIpc) is 2.20. The van der Waals surface area contributed by atoms with Crippen LogP contribution in [0.15, 0.2) is 24.3 Å². The van der Waals surface area contributed by atoms with Crippen molar-refractivity contribution in [1.82, 2.24) is 0 Å². The van der Waals surface area contributed by atoms with Crippen LogP contribution in [0.4, 0.5) is 0 Å². The molecule has 1 radical (unpaired) electrons. The van der Waals surface area contributed by atoms with E-state index in [1.54, 1.807) is 19.1 Å². The van der Waals surface area contributed by atoms with Crippen molar-refractivity contribution in [1.29, 1.82) is 0 Å². The van der Waals surface area contributed by atoms with Crippen molar-refractivity contribution in [2.45, 2.75) is 13.0 Å². The fourth-order valence-electron chi connectivity index (χ4n) is 1.21. The molecule has 0 saturated carbocycles. The van der Waals surface area contributed by atoms with Gasteiger partial charge in [0.15, 0.2) is 6.10 Å². The zero-order valence-corrected chi connectivity index (χ0v) is 9.49. The minimum absolute atomic E-state index is 0.0887. The van der Waals surface area contributed by atoms with Crippen LogP contribution in [0.5, 0.6) is 0 Å². The zero-order valence-electron chi connectivity index (χ0n) is 8.74. The van der Waals surface area contributed by atoms with E-state index >= 15 is 0 Å². The van der Waals surface area contributed by atoms with Gasteiger partial charge in [0.25, 0.3) is 0 Å². The van der Waals surface area contributed by atoms with E-state index in [4.69, 9.17) is 21.1 Å². The van der Waals surface area contributed by atoms with Gasteiger partial charge >= 0.3 is 0 Å². The predicted octanol–water partition coefficient (Wildman–Crippen LogP) is 2.22. The number of methoxy groups -OCH3 is 1. The molecule has 0 unspecified atom stereocenters. The van der Waals surface area contributed by atoms with Crippen LogP contribution < -0.4 is 0 Å². The number of hydrogen-bond donors (Lipinski definition) is 1. The lowest BCUT2D eigenvalue weighted by atomic mass is 10.1. The monoisotopic (exact) mass is 229 g/mol. The molecule has 0 aliphatic rings. The molecule has 0 aliphatic carbocycles. The highest BCUT2D eigenvalue weighted by Crippen LogP contribution is 2.27. The van der Waals surface area contributed by atoms with Crippen LogP contribution in [0.3, 0.4) is 0 Å². The summed E-state index contributed by atoms with van der Waals surface area (Å²) in [7, 11) is 1.52. The van der Waals surface area contributed by atoms with E-state index in [-0.39, 0.29) is 6.79 Å². The molecule has 1 atom stereocenters. The van der Waals surface area contributed by atoms with Crippen molar-refractivity contribution in [3.63, 3.8) is 0 Å². The number of hydrogen-bond acceptors (Lipinski definition) is 3. The molecule has 0 aliphatic heterocycles. The molecule has 0 amide bonds. The van der Waals surface area contributed by atoms with Gasteiger partial charge in [-0.15, -0.1) is 0 Å². The molecule has 4 heteroatoms. The summed E-state index contributed by atoms with van der Waals surface area (Å²) < 4.78 is 10.1. The molecule has 1 aromatic carbocycles. The van der Waals surface area contributed by atoms with Crippen molar-refractivity contribution in [3.05, 3.63) is 41.0 Å². The van der Waals surface area contributed by atoms with Gasteiger partial charge in [-0.1, -0.05) is 29.8 Å². The van der Waals surface area contributed by atoms with E-state index in [1.165, 1.54) is 7.11 Å². The first-order chi connectivity index (χ1) is 7.16. The summed E-state index contributed by atoms with van der Waals surface area (Å²) in [5, 5.41) is 10.1. The Hall–Kier alpha value is -0.610. The van der Waals surface area contributed by atoms with Crippen molar-refractivity contribution >= 4 is 11.6 Å². The largest absolute Gasteiger partial charge is 0.390 e. The smallest absolute Gasteiger partial charge is 0.158 e. The van der Waals surface area contributed by atoms with E-state index in [2.05, 4.69) is 0 Å². The first-order valence-electron chi connectivity index (χ1n) is 4.58. The quantitative estimate of drug-likeness (QED) is 0.787. The first kappa shape index (κ1) is 12.5. The molecule has 83 valence electrons. The van der Waals surface area contributed by atoms with Gasteiger partial charge in [-0.05, 0) is 13.0 Å². The van der Waals surface area contributed by atoms with Crippen LogP contribution in [-0.2, 0) is 9.47 Å². The van der Waals surface area contributed by atoms with Gasteiger partial charge in [-0.2, -0.15) is 0 Å². The highest BCUT2D eigenvalue weighted by molar-refractivity contribution is 6.31. The maximum atomic E-state index is 9.54. The van der Waals surface area contributed by atoms with Crippen LogP contribution in [-0.4, -0.2) is 25.1 Å². The van der Waals surface area contributed by atoms with Gasteiger partial charge in [0.05, 0.1) is 6.10 Å². The van der Waals surface area contributed by atoms with Crippen LogP contribution in [0.1, 0.15) is 12.5 Å². The van der Waals surface area contributed by atoms with Crippen LogP contribution in [0.25, 0.3) is 0 Å². The Morgan fingerprint density at radius 3 is 2.67 bits per heavy atom. The SMILES string of the molecule is COCO[C](c1ccccc1Cl)[C@H](C)O. The van der Waals surface area contributed by atoms with Gasteiger partial charge in [0.2, 0.25) is 0 Å². The van der Waals surface area contributed by atoms with Gasteiger partial charge in [0.1, 0.15) is 6.79 Å². The lowest BCUT2D eigenvalue weighted by Crippen LogP contribution is -2.20. The van der Waals surface area contributed by atoms with Gasteiger partial charge in [0, 0.05) is 17.7 Å². The Labute approximate surface area is 94.6 Å². The Balaban J connectivity index is 2.84. The molecule has 0 spiro atoms. The van der Waals surface area contributed by atoms with E-state index in [0.29, 0.717) is 16.7 Å². The normalized spacial score (nSPS) is 13.1. The number of aliphatic hydroxyl groups excluding tert-OH is 1. The Bertz CT molecular complexity index is 302. The second-order valence-electron chi connectivity index (χ2n) is 3.07. The standard InChI is InChI=1S/C11H14ClO3/c1-8(13)11(15-7-14-2)9-5-3-4-6-10(9)12/h3-6,8,13H,7H2,1-2H3/t8-/m0/s1. The van der Waals surface area contributed by atoms with E-state index in [1.807, 2.05) is 12.1 Å². The number of benzene rings is 1. The average molecular weight is 230 g/mol. The lowest BCUT2D eigenvalue weighted by molar-refractivity contribution is -0.0437. The third-order valence-electron chi connectivity index (χ3n) is 1.85. The molecule has 0 bridgehead atoms. The summed E-state index contributed by atoms with van der Waals surface area (Å²) in [5.41, 5.74) is 0.686. The second-order valence-corrected chi connectivity index (χ2v) is 3.48. The molecule has 0 heterocycles. The summed E-state index contributed by atoms with van der Waals surface area (Å²) in [5.74, 6) is 0. The van der Waals surface area contributed by atoms with Gasteiger partial charge in [-0.3, -0.25) is 0 Å². The fraction of sp³-hybridized carbons (Fsp3) is 0.364. The van der Waals surface area contributed by atoms with Crippen molar-refractivity contribution < 1.29 is 14.6 Å². The zero-order chi connectivity index (χ0) is 11.3. The maximum Gasteiger partial charge on any atom is 0.158 e. The molecule has 1 aromatic rings. The Morgan fingerprint density at radius 1 is 1.47 bits per heavy atom. The number of ether oxygens (including phenoxy) is 2. The molecule has 15 heavy (non-hydrogen) atoms. The van der Waals surface area contributed by atoms with E-state index in [0.717, 1.165) is 0 Å². The maximum absolute atomic E-state index is 9.54. The third-order valence-corrected chi connectivity index (χ3v) is 2.18. The van der Waals surface area contributed by atoms with Crippen molar-refractivity contribution in [3.8, 4) is 0 Å². The first-order valence-corrected chi connectivity index (χ1v) is 4.96. The third kappa shape index (κ3) is 3.47. The number of rotatable bonds is 5. The van der Waals surface area contributed by atoms with Crippen LogP contribution >= 0.6 is 11.6 Å². The van der Waals surface area contributed by atoms with Crippen molar-refractivity contribution in [2.24, 2.45) is 0 Å². The summed E-state index contributed by atoms with van der Waals surface area (Å²) >= 11 is 5.99. The van der Waals surface area contributed by atoms with E-state index < -0.39 is 6.10 Å². The number of halogens is 1. The summed E-state index contributed by atoms with van der Waals surface area (Å²) in [6.45, 7) is 1.71. The van der Waals surface area contributed by atoms with Crippen molar-refractivity contribution in [2.75, 3.05) is 13.9 Å². The molecule has 1 rings (SSSR count). The summed E-state index contributed by atoms with van der Waals surface area (Å²) in [4.78, 5) is 0. The molecular weight excluding hydrogens is 216 g/mol. The molecule has 1 N–H and O–H groups in total. The highest BCUT2D eigenvalue weighted by atomic mass is 35.5. The Morgan fingerprint density at radius 2 is 2.13 bits per heavy atom. The van der Waals surface area contributed by atoms with Crippen LogP contribution in [0.2, 0.25) is 5.02 Å². The Kier molecular flexibility index (Phi) is 5.05. The molecular formula is C11H14ClO3. The fourth-order valence-corrected chi connectivity index (χ4v) is 1.44. The minimum Gasteiger partial charge on any atom is -0.390 e. The molecule has 0 fully saturated rings. The predicted molar refractivity (Wildman–Crippen MR) is 58.4 cm³/mol. The number of aliphatic hydroxyl groups is 1. The van der Waals surface area contributed by atoms with Gasteiger partial charge in [-0.25, -0.2) is 0 Å². The van der Waals surface area contributed by atoms with E-state index in [9.17, 15) is 5.11 Å². The lowest BCUT2D eigenvalue weighted by Gasteiger charge is -2.20. The second kappa shape index (κ2) is 6.08. The molecule has 0 aromatic heterocycles. The molecule has 0 saturated heterocycles. The topological polar surface area (TPSA) is 38.7 Å². The van der Waals surface area contributed by atoms with Crippen LogP contribution in [0, 0.1) is 6.10 Å². The van der Waals surface area contributed by atoms with Gasteiger partial charge < -0.3 is 14.6 Å². The highest BCUT2D eigenvalue weighted by Gasteiger charge is 2.21.